The van der Waals surface area contributed by atoms with Gasteiger partial charge in [0.15, 0.2) is 0 Å². The van der Waals surface area contributed by atoms with E-state index in [1.807, 2.05) is 18.2 Å². The molecule has 1 atom stereocenters. The van der Waals surface area contributed by atoms with Crippen molar-refractivity contribution in [3.63, 3.8) is 0 Å². The summed E-state index contributed by atoms with van der Waals surface area (Å²) in [6.07, 6.45) is 2.82. The van der Waals surface area contributed by atoms with Gasteiger partial charge in [0.2, 0.25) is 0 Å². The van der Waals surface area contributed by atoms with Gasteiger partial charge in [-0.15, -0.1) is 0 Å². The topological polar surface area (TPSA) is 78.9 Å². The van der Waals surface area contributed by atoms with Gasteiger partial charge in [-0.25, -0.2) is 4.79 Å². The van der Waals surface area contributed by atoms with Gasteiger partial charge in [-0.05, 0) is 42.5 Å². The summed E-state index contributed by atoms with van der Waals surface area (Å²) in [4.78, 5) is 24.1. The second-order valence-electron chi connectivity index (χ2n) is 5.52. The quantitative estimate of drug-likeness (QED) is 0.874. The van der Waals surface area contributed by atoms with Crippen LogP contribution in [0, 0.1) is 0 Å². The van der Waals surface area contributed by atoms with E-state index in [9.17, 15) is 9.59 Å². The average molecular weight is 306 g/mol. The van der Waals surface area contributed by atoms with Crippen LogP contribution in [0.4, 0.5) is 4.79 Å². The summed E-state index contributed by atoms with van der Waals surface area (Å²) in [7, 11) is 3.25. The summed E-state index contributed by atoms with van der Waals surface area (Å²) < 4.78 is 5.24. The van der Waals surface area contributed by atoms with Crippen molar-refractivity contribution in [1.82, 2.24) is 10.2 Å². The Kier molecular flexibility index (Phi) is 5.25. The molecule has 1 aromatic rings. The molecule has 0 fully saturated rings. The highest BCUT2D eigenvalue weighted by molar-refractivity contribution is 5.75. The molecular weight excluding hydrogens is 284 g/mol. The number of carboxylic acids is 1. The van der Waals surface area contributed by atoms with Crippen LogP contribution in [-0.4, -0.2) is 42.7 Å². The van der Waals surface area contributed by atoms with Gasteiger partial charge in [0.1, 0.15) is 5.75 Å². The molecule has 2 N–H and O–H groups in total. The van der Waals surface area contributed by atoms with Crippen molar-refractivity contribution in [1.29, 1.82) is 0 Å². The van der Waals surface area contributed by atoms with E-state index in [-0.39, 0.29) is 25.0 Å². The van der Waals surface area contributed by atoms with Gasteiger partial charge in [-0.1, -0.05) is 6.07 Å². The first-order valence-electron chi connectivity index (χ1n) is 7.41. The highest BCUT2D eigenvalue weighted by Gasteiger charge is 2.23. The van der Waals surface area contributed by atoms with Crippen LogP contribution < -0.4 is 10.1 Å². The standard InChI is InChI=1S/C16H22N2O4/c1-18(9-8-15(19)20)16(21)17-14-5-3-4-11-10-12(22-2)6-7-13(11)14/h6-7,10,14H,3-5,8-9H2,1-2H3,(H,17,21)(H,19,20). The van der Waals surface area contributed by atoms with E-state index in [2.05, 4.69) is 5.32 Å². The number of fused-ring (bicyclic) bond motifs is 1. The summed E-state index contributed by atoms with van der Waals surface area (Å²) in [5, 5.41) is 11.7. The minimum absolute atomic E-state index is 0.0329. The lowest BCUT2D eigenvalue weighted by Gasteiger charge is -2.28. The first kappa shape index (κ1) is 16.1. The molecule has 1 unspecified atom stereocenters. The largest absolute Gasteiger partial charge is 0.497 e. The van der Waals surface area contributed by atoms with E-state index in [1.54, 1.807) is 14.2 Å². The third kappa shape index (κ3) is 3.90. The fourth-order valence-corrected chi connectivity index (χ4v) is 2.69. The van der Waals surface area contributed by atoms with Crippen LogP contribution >= 0.6 is 0 Å². The first-order valence-corrected chi connectivity index (χ1v) is 7.41. The molecule has 0 bridgehead atoms. The Bertz CT molecular complexity index is 559. The molecule has 0 spiro atoms. The third-order valence-corrected chi connectivity index (χ3v) is 3.97. The predicted octanol–water partition coefficient (Wildman–Crippen LogP) is 2.19. The zero-order valence-electron chi connectivity index (χ0n) is 13.0. The van der Waals surface area contributed by atoms with E-state index in [4.69, 9.17) is 9.84 Å². The molecule has 0 heterocycles. The number of aliphatic carboxylic acids is 1. The van der Waals surface area contributed by atoms with E-state index < -0.39 is 5.97 Å². The van der Waals surface area contributed by atoms with Gasteiger partial charge in [0, 0.05) is 13.6 Å². The number of benzene rings is 1. The number of rotatable bonds is 5. The van der Waals surface area contributed by atoms with Gasteiger partial charge in [-0.3, -0.25) is 4.79 Å². The SMILES string of the molecule is COc1ccc2c(c1)CCCC2NC(=O)N(C)CCC(=O)O. The summed E-state index contributed by atoms with van der Waals surface area (Å²) in [5.74, 6) is -0.0842. The maximum Gasteiger partial charge on any atom is 0.317 e. The molecule has 1 aliphatic rings. The maximum atomic E-state index is 12.2. The van der Waals surface area contributed by atoms with E-state index >= 15 is 0 Å². The summed E-state index contributed by atoms with van der Waals surface area (Å²) in [5.41, 5.74) is 2.32. The zero-order valence-corrected chi connectivity index (χ0v) is 13.0. The second kappa shape index (κ2) is 7.15. The molecule has 120 valence electrons. The van der Waals surface area contributed by atoms with Crippen LogP contribution in [0.25, 0.3) is 0 Å². The number of nitrogens with zero attached hydrogens (tertiary/aromatic N) is 1. The average Bonchev–Trinajstić information content (AvgIpc) is 2.52. The fourth-order valence-electron chi connectivity index (χ4n) is 2.69. The summed E-state index contributed by atoms with van der Waals surface area (Å²) in [6.45, 7) is 0.198. The lowest BCUT2D eigenvalue weighted by atomic mass is 9.87. The van der Waals surface area contributed by atoms with Crippen molar-refractivity contribution >= 4 is 12.0 Å². The smallest absolute Gasteiger partial charge is 0.317 e. The highest BCUT2D eigenvalue weighted by Crippen LogP contribution is 2.32. The van der Waals surface area contributed by atoms with Crippen molar-refractivity contribution < 1.29 is 19.4 Å². The molecule has 22 heavy (non-hydrogen) atoms. The van der Waals surface area contributed by atoms with Crippen molar-refractivity contribution in [2.75, 3.05) is 20.7 Å². The Morgan fingerprint density at radius 2 is 2.23 bits per heavy atom. The van der Waals surface area contributed by atoms with Crippen LogP contribution in [0.5, 0.6) is 5.75 Å². The van der Waals surface area contributed by atoms with E-state index in [0.29, 0.717) is 0 Å². The molecule has 0 saturated carbocycles. The molecule has 2 rings (SSSR count). The predicted molar refractivity (Wildman–Crippen MR) is 82.1 cm³/mol. The number of carbonyl (C=O) groups excluding carboxylic acids is 1. The van der Waals surface area contributed by atoms with E-state index in [1.165, 1.54) is 10.5 Å². The monoisotopic (exact) mass is 306 g/mol. The third-order valence-electron chi connectivity index (χ3n) is 3.97. The van der Waals surface area contributed by atoms with Gasteiger partial charge in [0.25, 0.3) is 0 Å². The highest BCUT2D eigenvalue weighted by atomic mass is 16.5. The number of ether oxygens (including phenoxy) is 1. The molecular formula is C16H22N2O4. The molecule has 0 radical (unpaired) electrons. The molecule has 0 saturated heterocycles. The van der Waals surface area contributed by atoms with Gasteiger partial charge in [0.05, 0.1) is 19.6 Å². The number of carboxylic acid groups (broad SMARTS) is 1. The Morgan fingerprint density at radius 1 is 1.45 bits per heavy atom. The number of urea groups is 1. The molecule has 2 amide bonds. The minimum Gasteiger partial charge on any atom is -0.497 e. The van der Waals surface area contributed by atoms with Gasteiger partial charge in [-0.2, -0.15) is 0 Å². The summed E-state index contributed by atoms with van der Waals surface area (Å²) >= 11 is 0. The Morgan fingerprint density at radius 3 is 2.91 bits per heavy atom. The van der Waals surface area contributed by atoms with Crippen LogP contribution in [-0.2, 0) is 11.2 Å². The van der Waals surface area contributed by atoms with Crippen molar-refractivity contribution in [3.8, 4) is 5.75 Å². The van der Waals surface area contributed by atoms with Crippen LogP contribution in [0.3, 0.4) is 0 Å². The number of aryl methyl sites for hydroxylation is 1. The maximum absolute atomic E-state index is 12.2. The number of hydrogen-bond acceptors (Lipinski definition) is 3. The number of methoxy groups -OCH3 is 1. The summed E-state index contributed by atoms with van der Waals surface area (Å²) in [6, 6.07) is 5.64. The van der Waals surface area contributed by atoms with Crippen molar-refractivity contribution in [2.45, 2.75) is 31.7 Å². The van der Waals surface area contributed by atoms with Crippen LogP contribution in [0.15, 0.2) is 18.2 Å². The molecule has 0 aliphatic heterocycles. The second-order valence-corrected chi connectivity index (χ2v) is 5.52. The minimum atomic E-state index is -0.908. The van der Waals surface area contributed by atoms with Crippen molar-refractivity contribution in [2.24, 2.45) is 0 Å². The fraction of sp³-hybridized carbons (Fsp3) is 0.500. The number of hydrogen-bond donors (Lipinski definition) is 2. The van der Waals surface area contributed by atoms with Crippen LogP contribution in [0.1, 0.15) is 36.4 Å². The Labute approximate surface area is 130 Å². The Balaban J connectivity index is 2.02. The first-order chi connectivity index (χ1) is 10.5. The van der Waals surface area contributed by atoms with Crippen LogP contribution in [0.2, 0.25) is 0 Å². The lowest BCUT2D eigenvalue weighted by molar-refractivity contribution is -0.137. The van der Waals surface area contributed by atoms with Gasteiger partial charge < -0.3 is 20.1 Å². The number of amides is 2. The number of carbonyl (C=O) groups is 2. The zero-order chi connectivity index (χ0) is 16.1. The Hall–Kier alpha value is -2.24. The molecule has 6 nitrogen and oxygen atoms in total. The van der Waals surface area contributed by atoms with E-state index in [0.717, 1.165) is 30.6 Å². The number of nitrogens with one attached hydrogen (secondary N) is 1. The normalized spacial score (nSPS) is 16.5. The lowest BCUT2D eigenvalue weighted by Crippen LogP contribution is -2.41. The molecule has 1 aliphatic carbocycles. The molecule has 1 aromatic carbocycles. The molecule has 6 heteroatoms. The molecule has 0 aromatic heterocycles. The van der Waals surface area contributed by atoms with Crippen molar-refractivity contribution in [3.05, 3.63) is 29.3 Å². The van der Waals surface area contributed by atoms with Gasteiger partial charge >= 0.3 is 12.0 Å².